The van der Waals surface area contributed by atoms with E-state index in [1.165, 1.54) is 0 Å². The average Bonchev–Trinajstić information content (AvgIpc) is 3.66. The number of hydrogen-bond acceptors (Lipinski definition) is 5. The van der Waals surface area contributed by atoms with E-state index >= 15 is 0 Å². The molecule has 0 amide bonds. The fourth-order valence-corrected chi connectivity index (χ4v) is 3.64. The Kier molecular flexibility index (Phi) is 5.39. The number of aryl methyl sites for hydroxylation is 1. The maximum absolute atomic E-state index is 12.0. The molecule has 3 aliphatic rings. The fraction of sp³-hybridized carbons (Fsp3) is 0.320. The van der Waals surface area contributed by atoms with Crippen LogP contribution in [0.15, 0.2) is 54.6 Å². The van der Waals surface area contributed by atoms with Crippen molar-refractivity contribution in [3.05, 3.63) is 65.8 Å². The van der Waals surface area contributed by atoms with Gasteiger partial charge in [-0.05, 0) is 47.9 Å². The van der Waals surface area contributed by atoms with Gasteiger partial charge in [0, 0.05) is 11.1 Å². The van der Waals surface area contributed by atoms with Crippen LogP contribution in [0, 0.1) is 0 Å². The van der Waals surface area contributed by atoms with E-state index in [1.807, 2.05) is 30.4 Å². The molecule has 5 heteroatoms. The van der Waals surface area contributed by atoms with E-state index < -0.39 is 0 Å². The van der Waals surface area contributed by atoms with E-state index in [9.17, 15) is 4.79 Å². The molecule has 0 saturated carbocycles. The number of ketones is 1. The fourth-order valence-electron chi connectivity index (χ4n) is 3.64. The van der Waals surface area contributed by atoms with Crippen LogP contribution in [0.4, 0.5) is 0 Å². The van der Waals surface area contributed by atoms with Crippen molar-refractivity contribution in [1.82, 2.24) is 0 Å². The van der Waals surface area contributed by atoms with Gasteiger partial charge in [-0.1, -0.05) is 36.4 Å². The lowest BCUT2D eigenvalue weighted by Gasteiger charge is -2.18. The summed E-state index contributed by atoms with van der Waals surface area (Å²) in [6, 6.07) is 8.22. The summed E-state index contributed by atoms with van der Waals surface area (Å²) in [4.78, 5) is 12.0. The molecule has 2 heterocycles. The van der Waals surface area contributed by atoms with E-state index in [0.29, 0.717) is 13.2 Å². The third-order valence-electron chi connectivity index (χ3n) is 5.38. The molecule has 1 aliphatic carbocycles. The molecule has 30 heavy (non-hydrogen) atoms. The number of benzene rings is 2. The van der Waals surface area contributed by atoms with Gasteiger partial charge < -0.3 is 18.9 Å². The maximum Gasteiger partial charge on any atom is 0.178 e. The first-order valence-corrected chi connectivity index (χ1v) is 10.4. The van der Waals surface area contributed by atoms with Gasteiger partial charge in [0.2, 0.25) is 0 Å². The Morgan fingerprint density at radius 1 is 0.867 bits per heavy atom. The third kappa shape index (κ3) is 4.48. The number of rotatable bonds is 6. The van der Waals surface area contributed by atoms with Crippen molar-refractivity contribution in [1.29, 1.82) is 0 Å². The van der Waals surface area contributed by atoms with Gasteiger partial charge >= 0.3 is 0 Å². The Hall–Kier alpha value is -2.89. The van der Waals surface area contributed by atoms with E-state index in [-0.39, 0.29) is 18.0 Å². The molecule has 2 unspecified atom stereocenters. The summed E-state index contributed by atoms with van der Waals surface area (Å²) in [7, 11) is 0. The van der Waals surface area contributed by atoms with Crippen LogP contribution in [-0.4, -0.2) is 44.4 Å². The van der Waals surface area contributed by atoms with Crippen LogP contribution in [0.25, 0.3) is 16.8 Å². The zero-order chi connectivity index (χ0) is 20.3. The topological polar surface area (TPSA) is 60.6 Å². The van der Waals surface area contributed by atoms with Gasteiger partial charge in [0.1, 0.15) is 36.9 Å². The summed E-state index contributed by atoms with van der Waals surface area (Å²) >= 11 is 0. The highest BCUT2D eigenvalue weighted by Gasteiger charge is 2.25. The molecule has 5 rings (SSSR count). The minimum atomic E-state index is -0.0172. The second-order valence-electron chi connectivity index (χ2n) is 7.71. The van der Waals surface area contributed by atoms with Gasteiger partial charge in [0.15, 0.2) is 5.78 Å². The largest absolute Gasteiger partial charge is 0.490 e. The van der Waals surface area contributed by atoms with E-state index in [2.05, 4.69) is 12.1 Å². The molecular formula is C25H24O5. The van der Waals surface area contributed by atoms with Crippen LogP contribution in [0.2, 0.25) is 0 Å². The van der Waals surface area contributed by atoms with Crippen LogP contribution >= 0.6 is 0 Å². The number of epoxide rings is 2. The minimum absolute atomic E-state index is 0.0172. The highest BCUT2D eigenvalue weighted by atomic mass is 16.6. The molecule has 0 aromatic heterocycles. The van der Waals surface area contributed by atoms with Crippen molar-refractivity contribution in [2.45, 2.75) is 25.0 Å². The molecule has 0 N–H and O–H groups in total. The number of carbonyl (C=O) groups is 1. The monoisotopic (exact) mass is 404 g/mol. The Morgan fingerprint density at radius 3 is 2.27 bits per heavy atom. The Balaban J connectivity index is 1.62. The molecule has 2 aromatic rings. The van der Waals surface area contributed by atoms with Gasteiger partial charge in [-0.15, -0.1) is 0 Å². The Labute approximate surface area is 175 Å². The van der Waals surface area contributed by atoms with Crippen molar-refractivity contribution < 1.29 is 23.7 Å². The second kappa shape index (κ2) is 8.46. The van der Waals surface area contributed by atoms with Crippen molar-refractivity contribution in [2.75, 3.05) is 26.4 Å². The van der Waals surface area contributed by atoms with Crippen LogP contribution in [0.5, 0.6) is 11.5 Å². The maximum atomic E-state index is 12.0. The lowest BCUT2D eigenvalue weighted by atomic mass is 9.94. The molecule has 2 aromatic carbocycles. The smallest absolute Gasteiger partial charge is 0.178 e. The molecule has 5 nitrogen and oxygen atoms in total. The number of carbonyl (C=O) groups excluding carboxylic acids is 1. The summed E-state index contributed by atoms with van der Waals surface area (Å²) in [5.74, 6) is 1.66. The number of ether oxygens (including phenoxy) is 4. The molecule has 0 spiro atoms. The minimum Gasteiger partial charge on any atom is -0.490 e. The molecule has 2 saturated heterocycles. The molecular weight excluding hydrogens is 380 g/mol. The molecule has 2 aliphatic heterocycles. The highest BCUT2D eigenvalue weighted by Crippen LogP contribution is 2.38. The lowest BCUT2D eigenvalue weighted by molar-refractivity contribution is -0.110. The zero-order valence-electron chi connectivity index (χ0n) is 16.7. The highest BCUT2D eigenvalue weighted by molar-refractivity contribution is 6.00. The lowest BCUT2D eigenvalue weighted by Crippen LogP contribution is -2.08. The van der Waals surface area contributed by atoms with Crippen LogP contribution in [0.3, 0.4) is 0 Å². The summed E-state index contributed by atoms with van der Waals surface area (Å²) in [6.07, 6.45) is 12.7. The standard InChI is InChI=1S/C25H24O5/c26-18-5-1-3-7-21-23(29-15-19-13-27-19)11-9-17-10-12-24(30-16-20-14-28-20)22(25(17)21)8-4-2-6-18/h1-3,5-7,9-12,19-20H,4,8,13-16H2/b5-1-,6-2-,7-3+. The van der Waals surface area contributed by atoms with Gasteiger partial charge in [0.05, 0.1) is 13.2 Å². The predicted molar refractivity (Wildman–Crippen MR) is 115 cm³/mol. The summed E-state index contributed by atoms with van der Waals surface area (Å²) < 4.78 is 22.8. The van der Waals surface area contributed by atoms with E-state index in [0.717, 1.165) is 59.5 Å². The van der Waals surface area contributed by atoms with E-state index in [1.54, 1.807) is 18.2 Å². The normalized spacial score (nSPS) is 25.7. The van der Waals surface area contributed by atoms with Crippen LogP contribution in [-0.2, 0) is 20.7 Å². The van der Waals surface area contributed by atoms with Crippen molar-refractivity contribution >= 4 is 22.6 Å². The molecule has 0 radical (unpaired) electrons. The number of allylic oxidation sites excluding steroid dienone is 5. The molecule has 154 valence electrons. The molecule has 2 atom stereocenters. The quantitative estimate of drug-likeness (QED) is 0.680. The third-order valence-corrected chi connectivity index (χ3v) is 5.38. The van der Waals surface area contributed by atoms with E-state index in [4.69, 9.17) is 18.9 Å². The van der Waals surface area contributed by atoms with Crippen molar-refractivity contribution in [3.63, 3.8) is 0 Å². The summed E-state index contributed by atoms with van der Waals surface area (Å²) in [5.41, 5.74) is 2.13. The first-order valence-electron chi connectivity index (χ1n) is 10.4. The van der Waals surface area contributed by atoms with Crippen LogP contribution < -0.4 is 9.47 Å². The zero-order valence-corrected chi connectivity index (χ0v) is 16.7. The summed E-state index contributed by atoms with van der Waals surface area (Å²) in [5, 5.41) is 2.26. The number of hydrogen-bond donors (Lipinski definition) is 0. The van der Waals surface area contributed by atoms with Gasteiger partial charge in [0.25, 0.3) is 0 Å². The Morgan fingerprint density at radius 2 is 1.53 bits per heavy atom. The Bertz CT molecular complexity index is 1040. The molecule has 2 fully saturated rings. The average molecular weight is 404 g/mol. The van der Waals surface area contributed by atoms with Gasteiger partial charge in [-0.25, -0.2) is 0 Å². The second-order valence-corrected chi connectivity index (χ2v) is 7.71. The molecule has 0 bridgehead atoms. The van der Waals surface area contributed by atoms with Gasteiger partial charge in [-0.3, -0.25) is 4.79 Å². The van der Waals surface area contributed by atoms with Crippen molar-refractivity contribution in [2.24, 2.45) is 0 Å². The van der Waals surface area contributed by atoms with Crippen LogP contribution in [0.1, 0.15) is 17.5 Å². The van der Waals surface area contributed by atoms with Gasteiger partial charge in [-0.2, -0.15) is 0 Å². The van der Waals surface area contributed by atoms with Crippen molar-refractivity contribution in [3.8, 4) is 11.5 Å². The first kappa shape index (κ1) is 19.1. The SMILES string of the molecule is O=C1/C=C\C=C\c2c(OCC3CO3)ccc3ccc(OCC4CO4)c(c23)CC/C=C\1. The predicted octanol–water partition coefficient (Wildman–Crippen LogP) is 4.04. The first-order chi connectivity index (χ1) is 14.8. The summed E-state index contributed by atoms with van der Waals surface area (Å²) in [6.45, 7) is 2.60.